The maximum atomic E-state index is 12.5. The van der Waals surface area contributed by atoms with Gasteiger partial charge in [-0.25, -0.2) is 8.42 Å². The summed E-state index contributed by atoms with van der Waals surface area (Å²) < 4.78 is 26.7. The monoisotopic (exact) mass is 368 g/mol. The summed E-state index contributed by atoms with van der Waals surface area (Å²) in [6, 6.07) is 11.9. The van der Waals surface area contributed by atoms with E-state index < -0.39 is 16.0 Å². The zero-order valence-corrected chi connectivity index (χ0v) is 13.4. The molecule has 0 aromatic heterocycles. The number of hydrogen-bond acceptors (Lipinski definition) is 4. The molecule has 110 valence electrons. The van der Waals surface area contributed by atoms with E-state index in [2.05, 4.69) is 15.9 Å². The molecule has 0 aliphatic carbocycles. The van der Waals surface area contributed by atoms with E-state index >= 15 is 0 Å². The topological polar surface area (TPSA) is 77.5 Å². The Balaban J connectivity index is 2.51. The van der Waals surface area contributed by atoms with E-state index in [1.165, 1.54) is 37.4 Å². The van der Waals surface area contributed by atoms with Crippen molar-refractivity contribution in [2.24, 2.45) is 0 Å². The molecule has 0 fully saturated rings. The van der Waals surface area contributed by atoms with E-state index in [1.54, 1.807) is 18.2 Å². The second kappa shape index (κ2) is 5.87. The Kier molecular flexibility index (Phi) is 4.34. The number of halogens is 1. The van der Waals surface area contributed by atoms with Crippen LogP contribution in [0.15, 0.2) is 57.9 Å². The molecule has 0 N–H and O–H groups in total. The number of carboxylic acids is 1. The first-order valence-corrected chi connectivity index (χ1v) is 8.12. The molecule has 0 radical (unpaired) electrons. The molecule has 0 saturated carbocycles. The van der Waals surface area contributed by atoms with E-state index in [1.807, 2.05) is 0 Å². The zero-order valence-electron chi connectivity index (χ0n) is 11.0. The molecule has 0 atom stereocenters. The predicted octanol–water partition coefficient (Wildman–Crippen LogP) is 1.64. The summed E-state index contributed by atoms with van der Waals surface area (Å²) in [5.41, 5.74) is -0.124. The number of aromatic carboxylic acids is 1. The molecule has 0 bridgehead atoms. The van der Waals surface area contributed by atoms with Gasteiger partial charge in [-0.2, -0.15) is 0 Å². The van der Waals surface area contributed by atoms with Crippen molar-refractivity contribution >= 4 is 37.6 Å². The van der Waals surface area contributed by atoms with Gasteiger partial charge in [-0.3, -0.25) is 4.31 Å². The lowest BCUT2D eigenvalue weighted by atomic mass is 10.2. The Morgan fingerprint density at radius 1 is 1.10 bits per heavy atom. The van der Waals surface area contributed by atoms with Crippen molar-refractivity contribution in [3.8, 4) is 0 Å². The fourth-order valence-corrected chi connectivity index (χ4v) is 3.29. The smallest absolute Gasteiger partial charge is 0.264 e. The molecule has 0 unspecified atom stereocenters. The first kappa shape index (κ1) is 15.5. The van der Waals surface area contributed by atoms with Crippen LogP contribution < -0.4 is 9.41 Å². The third kappa shape index (κ3) is 3.08. The molecule has 0 aliphatic rings. The van der Waals surface area contributed by atoms with Crippen LogP contribution in [0.25, 0.3) is 0 Å². The number of carbonyl (C=O) groups excluding carboxylic acids is 1. The summed E-state index contributed by atoms with van der Waals surface area (Å²) in [5.74, 6) is -1.43. The largest absolute Gasteiger partial charge is 0.545 e. The Labute approximate surface area is 131 Å². The number of para-hydroxylation sites is 1. The van der Waals surface area contributed by atoms with Crippen LogP contribution in [0.2, 0.25) is 0 Å². The molecule has 0 spiro atoms. The number of rotatable bonds is 4. The summed E-state index contributed by atoms with van der Waals surface area (Å²) in [7, 11) is -2.54. The zero-order chi connectivity index (χ0) is 15.6. The van der Waals surface area contributed by atoms with Gasteiger partial charge in [0.05, 0.1) is 16.6 Å². The lowest BCUT2D eigenvalue weighted by molar-refractivity contribution is -0.254. The third-order valence-corrected chi connectivity index (χ3v) is 5.25. The summed E-state index contributed by atoms with van der Waals surface area (Å²) in [4.78, 5) is 11.2. The molecule has 0 aliphatic heterocycles. The van der Waals surface area contributed by atoms with Crippen molar-refractivity contribution in [1.29, 1.82) is 0 Å². The van der Waals surface area contributed by atoms with Crippen LogP contribution in [-0.4, -0.2) is 21.4 Å². The average Bonchev–Trinajstić information content (AvgIpc) is 2.46. The molecule has 2 aromatic rings. The lowest BCUT2D eigenvalue weighted by Crippen LogP contribution is -2.31. The molecule has 7 heteroatoms. The van der Waals surface area contributed by atoms with Crippen LogP contribution in [0, 0.1) is 0 Å². The lowest BCUT2D eigenvalue weighted by Gasteiger charge is -2.22. The third-order valence-electron chi connectivity index (χ3n) is 2.94. The SMILES string of the molecule is CN(c1ccccc1C(=O)[O-])S(=O)(=O)c1ccc(Br)cc1. The Bertz CT molecular complexity index is 772. The first-order chi connectivity index (χ1) is 9.84. The highest BCUT2D eigenvalue weighted by Crippen LogP contribution is 2.26. The highest BCUT2D eigenvalue weighted by Gasteiger charge is 2.23. The van der Waals surface area contributed by atoms with Gasteiger partial charge in [-0.15, -0.1) is 0 Å². The van der Waals surface area contributed by atoms with Gasteiger partial charge in [-0.05, 0) is 30.3 Å². The average molecular weight is 369 g/mol. The highest BCUT2D eigenvalue weighted by molar-refractivity contribution is 9.10. The number of carboxylic acid groups (broad SMARTS) is 1. The summed E-state index contributed by atoms with van der Waals surface area (Å²) in [5, 5.41) is 11.1. The van der Waals surface area contributed by atoms with Gasteiger partial charge in [-0.1, -0.05) is 34.1 Å². The van der Waals surface area contributed by atoms with Crippen LogP contribution in [0.4, 0.5) is 5.69 Å². The van der Waals surface area contributed by atoms with Crippen LogP contribution >= 0.6 is 15.9 Å². The number of sulfonamides is 1. The summed E-state index contributed by atoms with van der Waals surface area (Å²) in [6.07, 6.45) is 0. The fourth-order valence-electron chi connectivity index (χ4n) is 1.81. The molecular weight excluding hydrogens is 358 g/mol. The van der Waals surface area contributed by atoms with E-state index in [-0.39, 0.29) is 16.1 Å². The van der Waals surface area contributed by atoms with Gasteiger partial charge >= 0.3 is 0 Å². The van der Waals surface area contributed by atoms with Crippen molar-refractivity contribution in [3.05, 3.63) is 58.6 Å². The minimum Gasteiger partial charge on any atom is -0.545 e. The van der Waals surface area contributed by atoms with E-state index in [0.717, 1.165) is 8.78 Å². The van der Waals surface area contributed by atoms with Gasteiger partial charge in [0.2, 0.25) is 0 Å². The molecule has 5 nitrogen and oxygen atoms in total. The second-order valence-electron chi connectivity index (χ2n) is 4.23. The summed E-state index contributed by atoms with van der Waals surface area (Å²) in [6.45, 7) is 0. The van der Waals surface area contributed by atoms with Gasteiger partial charge in [0.25, 0.3) is 10.0 Å². The molecule has 2 aromatic carbocycles. The van der Waals surface area contributed by atoms with Crippen LogP contribution in [0.1, 0.15) is 10.4 Å². The minimum absolute atomic E-state index is 0.0559. The maximum absolute atomic E-state index is 12.5. The van der Waals surface area contributed by atoms with Crippen molar-refractivity contribution in [1.82, 2.24) is 0 Å². The minimum atomic E-state index is -3.84. The van der Waals surface area contributed by atoms with Gasteiger partial charge < -0.3 is 9.90 Å². The highest BCUT2D eigenvalue weighted by atomic mass is 79.9. The number of benzene rings is 2. The Morgan fingerprint density at radius 3 is 2.24 bits per heavy atom. The molecule has 2 rings (SSSR count). The normalized spacial score (nSPS) is 11.1. The van der Waals surface area contributed by atoms with Gasteiger partial charge in [0.1, 0.15) is 0 Å². The standard InChI is InChI=1S/C14H12BrNO4S/c1-16(13-5-3-2-4-12(13)14(17)18)21(19,20)11-8-6-10(15)7-9-11/h2-9H,1H3,(H,17,18)/p-1. The molecule has 21 heavy (non-hydrogen) atoms. The van der Waals surface area contributed by atoms with E-state index in [4.69, 9.17) is 0 Å². The molecule has 0 heterocycles. The number of carbonyl (C=O) groups is 1. The van der Waals surface area contributed by atoms with E-state index in [9.17, 15) is 18.3 Å². The van der Waals surface area contributed by atoms with Crippen LogP contribution in [0.3, 0.4) is 0 Å². The number of hydrogen-bond donors (Lipinski definition) is 0. The number of anilines is 1. The van der Waals surface area contributed by atoms with Gasteiger partial charge in [0.15, 0.2) is 0 Å². The molecule has 0 saturated heterocycles. The molecular formula is C14H11BrNO4S-. The predicted molar refractivity (Wildman–Crippen MR) is 80.5 cm³/mol. The summed E-state index contributed by atoms with van der Waals surface area (Å²) >= 11 is 3.23. The maximum Gasteiger partial charge on any atom is 0.264 e. The number of nitrogens with zero attached hydrogens (tertiary/aromatic N) is 1. The molecule has 0 amide bonds. The van der Waals surface area contributed by atoms with Gasteiger partial charge in [0, 0.05) is 17.1 Å². The van der Waals surface area contributed by atoms with Crippen molar-refractivity contribution < 1.29 is 18.3 Å². The Morgan fingerprint density at radius 2 is 1.67 bits per heavy atom. The first-order valence-electron chi connectivity index (χ1n) is 5.89. The Hall–Kier alpha value is -1.86. The van der Waals surface area contributed by atoms with Crippen molar-refractivity contribution in [3.63, 3.8) is 0 Å². The van der Waals surface area contributed by atoms with E-state index in [0.29, 0.717) is 0 Å². The fraction of sp³-hybridized carbons (Fsp3) is 0.0714. The van der Waals surface area contributed by atoms with Crippen molar-refractivity contribution in [2.45, 2.75) is 4.90 Å². The second-order valence-corrected chi connectivity index (χ2v) is 7.12. The quantitative estimate of drug-likeness (QED) is 0.821. The van der Waals surface area contributed by atoms with Crippen LogP contribution in [0.5, 0.6) is 0 Å². The van der Waals surface area contributed by atoms with Crippen LogP contribution in [-0.2, 0) is 10.0 Å². The van der Waals surface area contributed by atoms with Crippen molar-refractivity contribution in [2.75, 3.05) is 11.4 Å².